The van der Waals surface area contributed by atoms with E-state index in [1.807, 2.05) is 4.57 Å². The second kappa shape index (κ2) is 6.32. The number of nitrogens with zero attached hydrogens (tertiary/aromatic N) is 4. The number of benzene rings is 1. The van der Waals surface area contributed by atoms with Crippen LogP contribution in [0.25, 0.3) is 0 Å². The number of hydrogen-bond donors (Lipinski definition) is 1. The summed E-state index contributed by atoms with van der Waals surface area (Å²) >= 11 is 1.23. The molecule has 1 aromatic heterocycles. The molecule has 1 heterocycles. The second-order valence-electron chi connectivity index (χ2n) is 5.01. The highest BCUT2D eigenvalue weighted by molar-refractivity contribution is 7.99. The van der Waals surface area contributed by atoms with Crippen molar-refractivity contribution in [3.05, 3.63) is 40.5 Å². The van der Waals surface area contributed by atoms with Crippen molar-refractivity contribution in [3.63, 3.8) is 0 Å². The van der Waals surface area contributed by atoms with Gasteiger partial charge in [-0.15, -0.1) is 10.2 Å². The fraction of sp³-hybridized carbons (Fsp3) is 0.308. The average molecular weight is 337 g/mol. The Morgan fingerprint density at radius 2 is 2.30 bits per heavy atom. The van der Waals surface area contributed by atoms with Crippen LogP contribution < -0.4 is 5.32 Å². The van der Waals surface area contributed by atoms with Crippen molar-refractivity contribution >= 4 is 29.0 Å². The molecule has 1 N–H and O–H groups in total. The number of nitro benzene ring substituents is 1. The molecule has 0 bridgehead atoms. The van der Waals surface area contributed by atoms with Gasteiger partial charge in [0.1, 0.15) is 6.33 Å². The van der Waals surface area contributed by atoms with Crippen LogP contribution in [0.5, 0.6) is 0 Å². The number of carbonyl (C=O) groups is 1. The fourth-order valence-corrected chi connectivity index (χ4v) is 2.78. The van der Waals surface area contributed by atoms with Crippen molar-refractivity contribution in [1.82, 2.24) is 14.8 Å². The van der Waals surface area contributed by atoms with Gasteiger partial charge in [0.2, 0.25) is 11.7 Å². The Morgan fingerprint density at radius 3 is 3.00 bits per heavy atom. The van der Waals surface area contributed by atoms with E-state index in [1.54, 1.807) is 6.33 Å². The van der Waals surface area contributed by atoms with Gasteiger partial charge >= 0.3 is 5.69 Å². The molecular formula is C13H12FN5O3S. The molecule has 0 saturated heterocycles. The van der Waals surface area contributed by atoms with Crippen LogP contribution in [0.2, 0.25) is 0 Å². The zero-order chi connectivity index (χ0) is 16.4. The van der Waals surface area contributed by atoms with Gasteiger partial charge in [-0.2, -0.15) is 4.39 Å². The second-order valence-corrected chi connectivity index (χ2v) is 5.95. The SMILES string of the molecule is O=C(CSc1nncn1C1CC1)Nc1ccc(F)c([N+](=O)[O-])c1. The summed E-state index contributed by atoms with van der Waals surface area (Å²) < 4.78 is 15.2. The lowest BCUT2D eigenvalue weighted by atomic mass is 10.2. The summed E-state index contributed by atoms with van der Waals surface area (Å²) in [6, 6.07) is 3.63. The largest absolute Gasteiger partial charge is 0.325 e. The summed E-state index contributed by atoms with van der Waals surface area (Å²) in [5.41, 5.74) is -0.503. The van der Waals surface area contributed by atoms with Crippen LogP contribution in [-0.2, 0) is 4.79 Å². The molecule has 1 fully saturated rings. The summed E-state index contributed by atoms with van der Waals surface area (Å²) in [4.78, 5) is 21.8. The third kappa shape index (κ3) is 3.65. The molecule has 3 rings (SSSR count). The predicted molar refractivity (Wildman–Crippen MR) is 80.7 cm³/mol. The number of halogens is 1. The number of nitro groups is 1. The van der Waals surface area contributed by atoms with Gasteiger partial charge in [-0.1, -0.05) is 11.8 Å². The Bertz CT molecular complexity index is 762. The molecule has 0 radical (unpaired) electrons. The van der Waals surface area contributed by atoms with E-state index in [9.17, 15) is 19.3 Å². The maximum atomic E-state index is 13.2. The van der Waals surface area contributed by atoms with Crippen LogP contribution in [0.15, 0.2) is 29.7 Å². The first-order valence-electron chi connectivity index (χ1n) is 6.80. The molecule has 0 spiro atoms. The molecule has 0 atom stereocenters. The molecule has 23 heavy (non-hydrogen) atoms. The van der Waals surface area contributed by atoms with Crippen molar-refractivity contribution in [1.29, 1.82) is 0 Å². The van der Waals surface area contributed by atoms with E-state index in [0.717, 1.165) is 25.0 Å². The van der Waals surface area contributed by atoms with Crippen molar-refractivity contribution in [2.75, 3.05) is 11.1 Å². The quantitative estimate of drug-likeness (QED) is 0.493. The Balaban J connectivity index is 1.60. The molecule has 8 nitrogen and oxygen atoms in total. The van der Waals surface area contributed by atoms with Crippen LogP contribution in [0.4, 0.5) is 15.8 Å². The highest BCUT2D eigenvalue weighted by Crippen LogP contribution is 2.37. The molecule has 2 aromatic rings. The highest BCUT2D eigenvalue weighted by Gasteiger charge is 2.26. The van der Waals surface area contributed by atoms with Gasteiger partial charge < -0.3 is 9.88 Å². The molecule has 0 unspecified atom stereocenters. The fourth-order valence-electron chi connectivity index (χ4n) is 2.00. The Hall–Kier alpha value is -2.49. The third-order valence-electron chi connectivity index (χ3n) is 3.24. The number of amides is 1. The van der Waals surface area contributed by atoms with Crippen LogP contribution >= 0.6 is 11.8 Å². The van der Waals surface area contributed by atoms with Crippen molar-refractivity contribution in [3.8, 4) is 0 Å². The molecule has 1 saturated carbocycles. The normalized spacial score (nSPS) is 13.8. The number of carbonyl (C=O) groups excluding carboxylic acids is 1. The molecule has 1 aliphatic carbocycles. The van der Waals surface area contributed by atoms with Crippen molar-refractivity contribution in [2.45, 2.75) is 24.0 Å². The lowest BCUT2D eigenvalue weighted by molar-refractivity contribution is -0.387. The first kappa shape index (κ1) is 15.4. The topological polar surface area (TPSA) is 103 Å². The molecule has 120 valence electrons. The van der Waals surface area contributed by atoms with Crippen LogP contribution in [0.3, 0.4) is 0 Å². The van der Waals surface area contributed by atoms with E-state index >= 15 is 0 Å². The zero-order valence-corrected chi connectivity index (χ0v) is 12.6. The maximum Gasteiger partial charge on any atom is 0.306 e. The van der Waals surface area contributed by atoms with Gasteiger partial charge in [-0.05, 0) is 25.0 Å². The predicted octanol–water partition coefficient (Wildman–Crippen LogP) is 2.39. The molecular weight excluding hydrogens is 325 g/mol. The van der Waals surface area contributed by atoms with Gasteiger partial charge in [0.05, 0.1) is 10.7 Å². The number of aromatic nitrogens is 3. The van der Waals surface area contributed by atoms with E-state index in [0.29, 0.717) is 11.2 Å². The number of thioether (sulfide) groups is 1. The van der Waals surface area contributed by atoms with E-state index in [-0.39, 0.29) is 17.3 Å². The zero-order valence-electron chi connectivity index (χ0n) is 11.8. The standard InChI is InChI=1S/C13H12FN5O3S/c14-10-4-1-8(5-11(10)19(21)22)16-12(20)6-23-13-17-15-7-18(13)9-2-3-9/h1,4-5,7,9H,2-3,6H2,(H,16,20). The van der Waals surface area contributed by atoms with Crippen LogP contribution in [-0.4, -0.2) is 31.3 Å². The Morgan fingerprint density at radius 1 is 1.52 bits per heavy atom. The monoisotopic (exact) mass is 337 g/mol. The van der Waals surface area contributed by atoms with Crippen molar-refractivity contribution in [2.24, 2.45) is 0 Å². The molecule has 0 aliphatic heterocycles. The maximum absolute atomic E-state index is 13.2. The van der Waals surface area contributed by atoms with E-state index < -0.39 is 16.4 Å². The molecule has 1 amide bonds. The number of hydrogen-bond acceptors (Lipinski definition) is 6. The lowest BCUT2D eigenvalue weighted by Gasteiger charge is -2.06. The summed E-state index contributed by atoms with van der Waals surface area (Å²) in [7, 11) is 0. The molecule has 10 heteroatoms. The van der Waals surface area contributed by atoms with Gasteiger partial charge in [-0.3, -0.25) is 14.9 Å². The minimum Gasteiger partial charge on any atom is -0.325 e. The molecule has 1 aliphatic rings. The highest BCUT2D eigenvalue weighted by atomic mass is 32.2. The summed E-state index contributed by atoms with van der Waals surface area (Å²) in [6.07, 6.45) is 3.80. The Labute approximate surface area is 134 Å². The van der Waals surface area contributed by atoms with E-state index in [2.05, 4.69) is 15.5 Å². The number of rotatable bonds is 6. The number of nitrogens with one attached hydrogen (secondary N) is 1. The first-order chi connectivity index (χ1) is 11.0. The number of anilines is 1. The van der Waals surface area contributed by atoms with Crippen molar-refractivity contribution < 1.29 is 14.1 Å². The lowest BCUT2D eigenvalue weighted by Crippen LogP contribution is -2.14. The summed E-state index contributed by atoms with van der Waals surface area (Å²) in [5.74, 6) is -1.22. The minimum absolute atomic E-state index is 0.0799. The minimum atomic E-state index is -0.945. The summed E-state index contributed by atoms with van der Waals surface area (Å²) in [5, 5.41) is 21.6. The smallest absolute Gasteiger partial charge is 0.306 e. The van der Waals surface area contributed by atoms with Gasteiger partial charge in [-0.25, -0.2) is 0 Å². The van der Waals surface area contributed by atoms with E-state index in [4.69, 9.17) is 0 Å². The average Bonchev–Trinajstić information content (AvgIpc) is 3.25. The van der Waals surface area contributed by atoms with Gasteiger partial charge in [0.15, 0.2) is 5.16 Å². The van der Waals surface area contributed by atoms with Crippen LogP contribution in [0, 0.1) is 15.9 Å². The first-order valence-corrected chi connectivity index (χ1v) is 7.79. The van der Waals surface area contributed by atoms with Gasteiger partial charge in [0, 0.05) is 17.8 Å². The van der Waals surface area contributed by atoms with Crippen LogP contribution in [0.1, 0.15) is 18.9 Å². The molecule has 1 aromatic carbocycles. The Kier molecular flexibility index (Phi) is 4.24. The third-order valence-corrected chi connectivity index (χ3v) is 4.20. The van der Waals surface area contributed by atoms with Gasteiger partial charge in [0.25, 0.3) is 0 Å². The summed E-state index contributed by atoms with van der Waals surface area (Å²) in [6.45, 7) is 0. The van der Waals surface area contributed by atoms with E-state index in [1.165, 1.54) is 17.8 Å².